The van der Waals surface area contributed by atoms with Crippen LogP contribution in [0.3, 0.4) is 0 Å². The van der Waals surface area contributed by atoms with Crippen molar-refractivity contribution >= 4 is 65.4 Å². The quantitative estimate of drug-likeness (QED) is 0.113. The smallest absolute Gasteiger partial charge is 0.268 e. The lowest BCUT2D eigenvalue weighted by molar-refractivity contribution is -0.599. The monoisotopic (exact) mass is 898 g/mol. The standard InChI is InChI=1S/C63H42N6O/c1-65-53-31-13-11-27-50(53)57-58-52-35-34-47(40-55(52)69(56-33-15-16-36-64-56)62(58)63-59(61(57)65)51-28-12-14-32-54(51)68(63)44-23-9-4-10-24-44)70-46-26-17-25-45(39-46)66-37-38-67(41-66)60-48(42-19-5-2-6-20-42)29-18-30-49(60)43-21-7-3-8-22-43/h2-40H,1H3. The molecule has 0 spiro atoms. The summed E-state index contributed by atoms with van der Waals surface area (Å²) in [6, 6.07) is 76.8. The van der Waals surface area contributed by atoms with Crippen molar-refractivity contribution < 1.29 is 9.30 Å². The van der Waals surface area contributed by atoms with Crippen LogP contribution < -0.4 is 9.30 Å². The fourth-order valence-corrected chi connectivity index (χ4v) is 10.9. The molecule has 9 aromatic carbocycles. The molecule has 5 aromatic heterocycles. The molecule has 0 fully saturated rings. The highest BCUT2D eigenvalue weighted by Gasteiger charge is 2.28. The van der Waals surface area contributed by atoms with Gasteiger partial charge in [-0.3, -0.25) is 13.7 Å². The van der Waals surface area contributed by atoms with Crippen molar-refractivity contribution in [1.29, 1.82) is 0 Å². The van der Waals surface area contributed by atoms with Gasteiger partial charge in [-0.25, -0.2) is 4.98 Å². The van der Waals surface area contributed by atoms with Gasteiger partial charge >= 0.3 is 0 Å². The second-order valence-electron chi connectivity index (χ2n) is 17.8. The molecular formula is C63H42N6O. The van der Waals surface area contributed by atoms with E-state index in [4.69, 9.17) is 9.72 Å². The molecule has 7 nitrogen and oxygen atoms in total. The molecule has 0 unspecified atom stereocenters. The summed E-state index contributed by atoms with van der Waals surface area (Å²) >= 11 is 0. The predicted octanol–water partition coefficient (Wildman–Crippen LogP) is 14.9. The van der Waals surface area contributed by atoms with Crippen LogP contribution in [-0.4, -0.2) is 23.3 Å². The maximum Gasteiger partial charge on any atom is 0.268 e. The van der Waals surface area contributed by atoms with E-state index >= 15 is 0 Å². The minimum Gasteiger partial charge on any atom is -0.458 e. The van der Waals surface area contributed by atoms with Crippen LogP contribution in [0.1, 0.15) is 0 Å². The Kier molecular flexibility index (Phi) is 8.97. The first-order valence-corrected chi connectivity index (χ1v) is 23.6. The summed E-state index contributed by atoms with van der Waals surface area (Å²) < 4.78 is 18.2. The van der Waals surface area contributed by atoms with Crippen LogP contribution in [0.15, 0.2) is 237 Å². The SMILES string of the molecule is Cn1c2ccccc2c2c3c4ccc(Oc5cccc(-[n+]6[c-]n(-c7c(-c8ccccc8)cccc7-c7ccccc7)cc6)c5)cc4n(-c4ccccn4)c3c3c(c4ccccc4n3-c3ccccc3)c21. The zero-order chi connectivity index (χ0) is 46.3. The number of hydrogen-bond acceptors (Lipinski definition) is 2. The average Bonchev–Trinajstić information content (AvgIpc) is 4.20. The van der Waals surface area contributed by atoms with Crippen molar-refractivity contribution in [2.75, 3.05) is 0 Å². The fraction of sp³-hybridized carbons (Fsp3) is 0.0159. The molecule has 70 heavy (non-hydrogen) atoms. The molecule has 5 heterocycles. The number of fused-ring (bicyclic) bond motifs is 12. The van der Waals surface area contributed by atoms with Gasteiger partial charge in [0.05, 0.1) is 39.0 Å². The largest absolute Gasteiger partial charge is 0.458 e. The van der Waals surface area contributed by atoms with E-state index in [1.807, 2.05) is 29.0 Å². The Hall–Kier alpha value is -9.46. The highest BCUT2D eigenvalue weighted by Crippen LogP contribution is 2.49. The van der Waals surface area contributed by atoms with E-state index in [-0.39, 0.29) is 0 Å². The van der Waals surface area contributed by atoms with Crippen LogP contribution in [0, 0.1) is 6.33 Å². The molecule has 14 rings (SSSR count). The molecule has 0 bridgehead atoms. The van der Waals surface area contributed by atoms with E-state index in [9.17, 15) is 0 Å². The molecule has 0 saturated carbocycles. The van der Waals surface area contributed by atoms with Crippen molar-refractivity contribution in [3.8, 4) is 56.6 Å². The van der Waals surface area contributed by atoms with E-state index in [1.165, 1.54) is 38.0 Å². The summed E-state index contributed by atoms with van der Waals surface area (Å²) in [6.07, 6.45) is 9.66. The number of ether oxygens (including phenoxy) is 1. The highest BCUT2D eigenvalue weighted by atomic mass is 16.5. The molecule has 0 aliphatic carbocycles. The third kappa shape index (κ3) is 6.08. The second-order valence-corrected chi connectivity index (χ2v) is 17.8. The van der Waals surface area contributed by atoms with E-state index in [2.05, 4.69) is 244 Å². The molecule has 7 heteroatoms. The zero-order valence-corrected chi connectivity index (χ0v) is 38.1. The fourth-order valence-electron chi connectivity index (χ4n) is 10.9. The van der Waals surface area contributed by atoms with Gasteiger partial charge in [0.25, 0.3) is 6.33 Å². The number of rotatable bonds is 8. The van der Waals surface area contributed by atoms with Crippen LogP contribution in [0.2, 0.25) is 0 Å². The third-order valence-corrected chi connectivity index (χ3v) is 13.9. The Morgan fingerprint density at radius 3 is 1.80 bits per heavy atom. The number of pyridine rings is 1. The van der Waals surface area contributed by atoms with Crippen LogP contribution in [0.5, 0.6) is 11.5 Å². The molecule has 14 aromatic rings. The van der Waals surface area contributed by atoms with E-state index in [0.717, 1.165) is 78.3 Å². The number of imidazole rings is 1. The summed E-state index contributed by atoms with van der Waals surface area (Å²) in [5, 5.41) is 7.13. The number of nitrogens with zero attached hydrogens (tertiary/aromatic N) is 6. The molecule has 0 saturated heterocycles. The van der Waals surface area contributed by atoms with Gasteiger partial charge < -0.3 is 13.9 Å². The van der Waals surface area contributed by atoms with Gasteiger partial charge in [-0.15, -0.1) is 0 Å². The van der Waals surface area contributed by atoms with Gasteiger partial charge in [0.2, 0.25) is 0 Å². The van der Waals surface area contributed by atoms with Crippen LogP contribution in [0.4, 0.5) is 0 Å². The number of para-hydroxylation sites is 4. The molecular weight excluding hydrogens is 857 g/mol. The average molecular weight is 899 g/mol. The van der Waals surface area contributed by atoms with E-state index in [0.29, 0.717) is 5.75 Å². The summed E-state index contributed by atoms with van der Waals surface area (Å²) in [7, 11) is 2.21. The van der Waals surface area contributed by atoms with Gasteiger partial charge in [-0.05, 0) is 89.0 Å². The lowest BCUT2D eigenvalue weighted by Crippen LogP contribution is -2.28. The van der Waals surface area contributed by atoms with Gasteiger partial charge in [-0.2, -0.15) is 0 Å². The van der Waals surface area contributed by atoms with Crippen LogP contribution >= 0.6 is 0 Å². The second kappa shape index (κ2) is 15.8. The van der Waals surface area contributed by atoms with E-state index in [1.54, 1.807) is 0 Å². The molecule has 0 radical (unpaired) electrons. The van der Waals surface area contributed by atoms with Crippen molar-refractivity contribution in [3.63, 3.8) is 0 Å². The van der Waals surface area contributed by atoms with Gasteiger partial charge in [0.15, 0.2) is 0 Å². The minimum atomic E-state index is 0.712. The van der Waals surface area contributed by atoms with Gasteiger partial charge in [0, 0.05) is 75.2 Å². The molecule has 0 aliphatic rings. The first-order chi connectivity index (χ1) is 34.7. The first kappa shape index (κ1) is 39.7. The van der Waals surface area contributed by atoms with Crippen molar-refractivity contribution in [2.45, 2.75) is 0 Å². The maximum atomic E-state index is 6.89. The summed E-state index contributed by atoms with van der Waals surface area (Å²) in [5.74, 6) is 2.26. The van der Waals surface area contributed by atoms with Crippen molar-refractivity contribution in [2.24, 2.45) is 7.05 Å². The molecule has 0 atom stereocenters. The third-order valence-electron chi connectivity index (χ3n) is 13.9. The summed E-state index contributed by atoms with van der Waals surface area (Å²) in [6.45, 7) is 0. The first-order valence-electron chi connectivity index (χ1n) is 23.6. The Bertz CT molecular complexity index is 4260. The van der Waals surface area contributed by atoms with Crippen molar-refractivity contribution in [3.05, 3.63) is 243 Å². The zero-order valence-electron chi connectivity index (χ0n) is 38.1. The predicted molar refractivity (Wildman–Crippen MR) is 284 cm³/mol. The lowest BCUT2D eigenvalue weighted by atomic mass is 9.96. The van der Waals surface area contributed by atoms with Crippen molar-refractivity contribution in [1.82, 2.24) is 23.3 Å². The minimum absolute atomic E-state index is 0.712. The topological polar surface area (TPSA) is 45.7 Å². The number of benzene rings is 9. The Labute approximate surface area is 403 Å². The molecule has 0 N–H and O–H groups in total. The summed E-state index contributed by atoms with van der Waals surface area (Å²) in [5.41, 5.74) is 14.4. The molecule has 0 amide bonds. The lowest BCUT2D eigenvalue weighted by Gasteiger charge is -2.16. The Balaban J connectivity index is 0.958. The van der Waals surface area contributed by atoms with Gasteiger partial charge in [-0.1, -0.05) is 146 Å². The number of aromatic nitrogens is 6. The number of aryl methyl sites for hydroxylation is 1. The van der Waals surface area contributed by atoms with E-state index < -0.39 is 0 Å². The summed E-state index contributed by atoms with van der Waals surface area (Å²) in [4.78, 5) is 5.06. The van der Waals surface area contributed by atoms with Gasteiger partial charge in [0.1, 0.15) is 17.3 Å². The maximum absolute atomic E-state index is 6.89. The molecule has 330 valence electrons. The molecule has 0 aliphatic heterocycles. The highest BCUT2D eigenvalue weighted by molar-refractivity contribution is 6.40. The Morgan fingerprint density at radius 1 is 0.471 bits per heavy atom. The normalized spacial score (nSPS) is 11.8. The van der Waals surface area contributed by atoms with Crippen LogP contribution in [0.25, 0.3) is 111 Å². The number of hydrogen-bond donors (Lipinski definition) is 0. The Morgan fingerprint density at radius 2 is 1.07 bits per heavy atom. The van der Waals surface area contributed by atoms with Crippen LogP contribution in [-0.2, 0) is 7.05 Å².